The summed E-state index contributed by atoms with van der Waals surface area (Å²) in [6.45, 7) is 9.70. The highest BCUT2D eigenvalue weighted by Crippen LogP contribution is 2.29. The lowest BCUT2D eigenvalue weighted by atomic mass is 9.85. The first-order valence-electron chi connectivity index (χ1n) is 7.39. The van der Waals surface area contributed by atoms with Crippen molar-refractivity contribution in [1.29, 1.82) is 0 Å². The average molecular weight is 263 g/mol. The number of hydrogen-bond donors (Lipinski definition) is 2. The Morgan fingerprint density at radius 3 is 2.32 bits per heavy atom. The van der Waals surface area contributed by atoms with Crippen LogP contribution in [-0.2, 0) is 0 Å². The van der Waals surface area contributed by atoms with Crippen LogP contribution in [0.5, 0.6) is 0 Å². The molecule has 0 saturated carbocycles. The lowest BCUT2D eigenvalue weighted by molar-refractivity contribution is 0.157. The van der Waals surface area contributed by atoms with Crippen molar-refractivity contribution in [2.24, 2.45) is 5.41 Å². The molecule has 2 heteroatoms. The Balaban J connectivity index is 2.60. The molecule has 108 valence electrons. The van der Waals surface area contributed by atoms with Crippen molar-refractivity contribution >= 4 is 0 Å². The number of hydrogen-bond acceptors (Lipinski definition) is 2. The van der Waals surface area contributed by atoms with E-state index in [1.807, 2.05) is 6.92 Å². The highest BCUT2D eigenvalue weighted by Gasteiger charge is 2.19. The number of aliphatic hydroxyl groups excluding tert-OH is 1. The van der Waals surface area contributed by atoms with E-state index in [1.165, 1.54) is 5.56 Å². The van der Waals surface area contributed by atoms with Crippen molar-refractivity contribution in [3.63, 3.8) is 0 Å². The SMILES string of the molecule is CCC(O)CCNC(CC(C)(C)C)c1ccccc1. The Bertz CT molecular complexity index is 342. The summed E-state index contributed by atoms with van der Waals surface area (Å²) in [7, 11) is 0. The molecule has 0 radical (unpaired) electrons. The molecular formula is C17H29NO. The summed E-state index contributed by atoms with van der Waals surface area (Å²) in [4.78, 5) is 0. The highest BCUT2D eigenvalue weighted by molar-refractivity contribution is 5.19. The van der Waals surface area contributed by atoms with E-state index in [4.69, 9.17) is 0 Å². The largest absolute Gasteiger partial charge is 0.393 e. The summed E-state index contributed by atoms with van der Waals surface area (Å²) in [6, 6.07) is 11.0. The van der Waals surface area contributed by atoms with Crippen molar-refractivity contribution in [2.75, 3.05) is 6.54 Å². The van der Waals surface area contributed by atoms with Crippen LogP contribution in [0.1, 0.15) is 58.6 Å². The van der Waals surface area contributed by atoms with E-state index in [9.17, 15) is 5.11 Å². The minimum atomic E-state index is -0.182. The van der Waals surface area contributed by atoms with Gasteiger partial charge in [-0.15, -0.1) is 0 Å². The zero-order valence-electron chi connectivity index (χ0n) is 12.8. The molecule has 0 aliphatic carbocycles. The Labute approximate surface area is 118 Å². The molecule has 19 heavy (non-hydrogen) atoms. The molecule has 0 amide bonds. The molecule has 0 spiro atoms. The summed E-state index contributed by atoms with van der Waals surface area (Å²) in [6.07, 6.45) is 2.57. The van der Waals surface area contributed by atoms with E-state index in [-0.39, 0.29) is 11.5 Å². The number of rotatable bonds is 7. The summed E-state index contributed by atoms with van der Waals surface area (Å²) in [5, 5.41) is 13.2. The van der Waals surface area contributed by atoms with Crippen molar-refractivity contribution in [1.82, 2.24) is 5.32 Å². The molecule has 0 aliphatic rings. The third kappa shape index (κ3) is 6.74. The normalized spacial score (nSPS) is 15.2. The molecule has 1 aromatic rings. The van der Waals surface area contributed by atoms with E-state index in [0.717, 1.165) is 25.8 Å². The standard InChI is InChI=1S/C17H29NO/c1-5-15(19)11-12-18-16(13-17(2,3)4)14-9-7-6-8-10-14/h6-10,15-16,18-19H,5,11-13H2,1-4H3. The fraction of sp³-hybridized carbons (Fsp3) is 0.647. The Morgan fingerprint density at radius 2 is 1.79 bits per heavy atom. The van der Waals surface area contributed by atoms with Crippen LogP contribution in [0.3, 0.4) is 0 Å². The van der Waals surface area contributed by atoms with Gasteiger partial charge < -0.3 is 10.4 Å². The maximum Gasteiger partial charge on any atom is 0.0549 e. The van der Waals surface area contributed by atoms with Crippen LogP contribution in [0.25, 0.3) is 0 Å². The molecule has 0 fully saturated rings. The molecule has 0 aromatic heterocycles. The van der Waals surface area contributed by atoms with Gasteiger partial charge in [0.15, 0.2) is 0 Å². The topological polar surface area (TPSA) is 32.3 Å². The van der Waals surface area contributed by atoms with Gasteiger partial charge in [-0.1, -0.05) is 58.0 Å². The minimum Gasteiger partial charge on any atom is -0.393 e. The number of aliphatic hydroxyl groups is 1. The summed E-state index contributed by atoms with van der Waals surface area (Å²) >= 11 is 0. The third-order valence-electron chi connectivity index (χ3n) is 3.36. The fourth-order valence-electron chi connectivity index (χ4n) is 2.23. The van der Waals surface area contributed by atoms with Gasteiger partial charge in [-0.2, -0.15) is 0 Å². The predicted octanol–water partition coefficient (Wildman–Crippen LogP) is 3.91. The fourth-order valence-corrected chi connectivity index (χ4v) is 2.23. The smallest absolute Gasteiger partial charge is 0.0549 e. The van der Waals surface area contributed by atoms with Gasteiger partial charge in [-0.25, -0.2) is 0 Å². The van der Waals surface area contributed by atoms with Gasteiger partial charge in [0, 0.05) is 6.04 Å². The number of benzene rings is 1. The zero-order valence-corrected chi connectivity index (χ0v) is 12.8. The van der Waals surface area contributed by atoms with Crippen LogP contribution >= 0.6 is 0 Å². The van der Waals surface area contributed by atoms with Crippen LogP contribution in [0, 0.1) is 5.41 Å². The van der Waals surface area contributed by atoms with Crippen molar-refractivity contribution in [3.8, 4) is 0 Å². The first kappa shape index (κ1) is 16.2. The van der Waals surface area contributed by atoms with E-state index in [1.54, 1.807) is 0 Å². The first-order valence-corrected chi connectivity index (χ1v) is 7.39. The summed E-state index contributed by atoms with van der Waals surface area (Å²) in [5.41, 5.74) is 1.63. The second-order valence-electron chi connectivity index (χ2n) is 6.53. The van der Waals surface area contributed by atoms with E-state index in [2.05, 4.69) is 56.4 Å². The van der Waals surface area contributed by atoms with E-state index < -0.39 is 0 Å². The maximum absolute atomic E-state index is 9.63. The lowest BCUT2D eigenvalue weighted by Gasteiger charge is -2.27. The van der Waals surface area contributed by atoms with Gasteiger partial charge in [-0.3, -0.25) is 0 Å². The Kier molecular flexibility index (Phi) is 6.53. The monoisotopic (exact) mass is 263 g/mol. The van der Waals surface area contributed by atoms with Crippen molar-refractivity contribution in [3.05, 3.63) is 35.9 Å². The van der Waals surface area contributed by atoms with Crippen molar-refractivity contribution in [2.45, 2.75) is 59.1 Å². The molecule has 1 rings (SSSR count). The average Bonchev–Trinajstić information content (AvgIpc) is 2.37. The van der Waals surface area contributed by atoms with E-state index in [0.29, 0.717) is 6.04 Å². The molecule has 0 saturated heterocycles. The van der Waals surface area contributed by atoms with Gasteiger partial charge in [0.2, 0.25) is 0 Å². The van der Waals surface area contributed by atoms with Crippen LogP contribution in [-0.4, -0.2) is 17.8 Å². The van der Waals surface area contributed by atoms with Gasteiger partial charge >= 0.3 is 0 Å². The van der Waals surface area contributed by atoms with E-state index >= 15 is 0 Å². The minimum absolute atomic E-state index is 0.182. The molecule has 2 atom stereocenters. The van der Waals surface area contributed by atoms with Crippen molar-refractivity contribution < 1.29 is 5.11 Å². The third-order valence-corrected chi connectivity index (χ3v) is 3.36. The second kappa shape index (κ2) is 7.66. The molecule has 2 unspecified atom stereocenters. The predicted molar refractivity (Wildman–Crippen MR) is 82.2 cm³/mol. The van der Waals surface area contributed by atoms with Crippen LogP contribution in [0.2, 0.25) is 0 Å². The number of nitrogens with one attached hydrogen (secondary N) is 1. The summed E-state index contributed by atoms with van der Waals surface area (Å²) in [5.74, 6) is 0. The van der Waals surface area contributed by atoms with Crippen LogP contribution in [0.15, 0.2) is 30.3 Å². The molecule has 2 N–H and O–H groups in total. The Morgan fingerprint density at radius 1 is 1.16 bits per heavy atom. The van der Waals surface area contributed by atoms with Crippen LogP contribution in [0.4, 0.5) is 0 Å². The van der Waals surface area contributed by atoms with Crippen LogP contribution < -0.4 is 5.32 Å². The zero-order chi connectivity index (χ0) is 14.3. The molecule has 1 aromatic carbocycles. The molecule has 2 nitrogen and oxygen atoms in total. The second-order valence-corrected chi connectivity index (χ2v) is 6.53. The Hall–Kier alpha value is -0.860. The van der Waals surface area contributed by atoms with Gasteiger partial charge in [0.1, 0.15) is 0 Å². The quantitative estimate of drug-likeness (QED) is 0.781. The molecule has 0 heterocycles. The maximum atomic E-state index is 9.63. The lowest BCUT2D eigenvalue weighted by Crippen LogP contribution is -2.28. The summed E-state index contributed by atoms with van der Waals surface area (Å²) < 4.78 is 0. The molecular weight excluding hydrogens is 234 g/mol. The molecule has 0 aliphatic heterocycles. The van der Waals surface area contributed by atoms with Gasteiger partial charge in [-0.05, 0) is 36.8 Å². The molecule has 0 bridgehead atoms. The highest BCUT2D eigenvalue weighted by atomic mass is 16.3. The first-order chi connectivity index (χ1) is 8.92. The van der Waals surface area contributed by atoms with Gasteiger partial charge in [0.25, 0.3) is 0 Å². The van der Waals surface area contributed by atoms with Gasteiger partial charge in [0.05, 0.1) is 6.10 Å².